The number of nitrogens with one attached hydrogen (secondary N) is 1. The van der Waals surface area contributed by atoms with Crippen molar-refractivity contribution in [2.75, 3.05) is 26.8 Å². The molecule has 0 spiro atoms. The smallest absolute Gasteiger partial charge is 0.372 e. The molecule has 0 aromatic heterocycles. The van der Waals surface area contributed by atoms with Gasteiger partial charge in [0.15, 0.2) is 0 Å². The van der Waals surface area contributed by atoms with Gasteiger partial charge in [0.25, 0.3) is 0 Å². The van der Waals surface area contributed by atoms with E-state index in [0.717, 1.165) is 17.4 Å². The zero-order valence-corrected chi connectivity index (χ0v) is 12.9. The maximum absolute atomic E-state index is 11.9. The molecule has 0 fully saturated rings. The summed E-state index contributed by atoms with van der Waals surface area (Å²) in [6.07, 6.45) is -2.84. The van der Waals surface area contributed by atoms with Crippen molar-refractivity contribution >= 4 is 15.9 Å². The molecule has 0 bridgehead atoms. The highest BCUT2D eigenvalue weighted by molar-refractivity contribution is 9.10. The van der Waals surface area contributed by atoms with Gasteiger partial charge in [0.05, 0.1) is 0 Å². The van der Waals surface area contributed by atoms with Crippen molar-refractivity contribution in [2.45, 2.75) is 24.9 Å². The van der Waals surface area contributed by atoms with Crippen LogP contribution in [0.1, 0.15) is 24.3 Å². The molecule has 0 saturated carbocycles. The first-order chi connectivity index (χ1) is 9.42. The van der Waals surface area contributed by atoms with Gasteiger partial charge in [0.2, 0.25) is 0 Å². The molecule has 20 heavy (non-hydrogen) atoms. The molecule has 0 amide bonds. The van der Waals surface area contributed by atoms with Gasteiger partial charge in [-0.05, 0) is 43.5 Å². The van der Waals surface area contributed by atoms with E-state index < -0.39 is 12.8 Å². The Morgan fingerprint density at radius 3 is 2.45 bits per heavy atom. The van der Waals surface area contributed by atoms with Crippen LogP contribution in [0.2, 0.25) is 0 Å². The number of ether oxygens (including phenoxy) is 1. The fourth-order valence-electron chi connectivity index (χ4n) is 1.99. The van der Waals surface area contributed by atoms with E-state index in [4.69, 9.17) is 0 Å². The lowest BCUT2D eigenvalue weighted by atomic mass is 9.94. The van der Waals surface area contributed by atoms with E-state index >= 15 is 0 Å². The Kier molecular flexibility index (Phi) is 7.55. The predicted octanol–water partition coefficient (Wildman–Crippen LogP) is 4.11. The molecule has 0 aliphatic rings. The Morgan fingerprint density at radius 2 is 1.90 bits per heavy atom. The molecule has 1 unspecified atom stereocenters. The van der Waals surface area contributed by atoms with Crippen molar-refractivity contribution in [3.8, 4) is 0 Å². The summed E-state index contributed by atoms with van der Waals surface area (Å²) in [6.45, 7) is -0.237. The maximum atomic E-state index is 11.9. The van der Waals surface area contributed by atoms with Gasteiger partial charge in [0, 0.05) is 17.6 Å². The van der Waals surface area contributed by atoms with Crippen molar-refractivity contribution in [1.29, 1.82) is 0 Å². The van der Waals surface area contributed by atoms with Crippen LogP contribution in [-0.4, -0.2) is 33.0 Å². The first-order valence-corrected chi connectivity index (χ1v) is 7.26. The lowest BCUT2D eigenvalue weighted by molar-refractivity contribution is -0.174. The van der Waals surface area contributed by atoms with E-state index in [0.29, 0.717) is 6.42 Å². The van der Waals surface area contributed by atoms with Crippen molar-refractivity contribution in [3.05, 3.63) is 34.3 Å². The summed E-state index contributed by atoms with van der Waals surface area (Å²) in [4.78, 5) is 0. The normalized spacial score (nSPS) is 13.4. The fourth-order valence-corrected chi connectivity index (χ4v) is 2.25. The summed E-state index contributed by atoms with van der Waals surface area (Å²) in [5, 5.41) is 3.11. The number of hydrogen-bond acceptors (Lipinski definition) is 2. The van der Waals surface area contributed by atoms with E-state index in [1.54, 1.807) is 0 Å². The van der Waals surface area contributed by atoms with Gasteiger partial charge in [-0.1, -0.05) is 28.1 Å². The van der Waals surface area contributed by atoms with Crippen LogP contribution in [0.3, 0.4) is 0 Å². The van der Waals surface area contributed by atoms with Crippen molar-refractivity contribution < 1.29 is 17.9 Å². The average molecular weight is 354 g/mol. The quantitative estimate of drug-likeness (QED) is 0.710. The molecule has 1 aromatic carbocycles. The van der Waals surface area contributed by atoms with Crippen LogP contribution in [0.5, 0.6) is 0 Å². The Labute approximate surface area is 125 Å². The molecule has 0 aliphatic carbocycles. The number of benzene rings is 1. The van der Waals surface area contributed by atoms with Gasteiger partial charge in [-0.2, -0.15) is 13.2 Å². The molecule has 0 saturated heterocycles. The van der Waals surface area contributed by atoms with Crippen molar-refractivity contribution in [2.24, 2.45) is 0 Å². The van der Waals surface area contributed by atoms with Gasteiger partial charge in [0.1, 0.15) is 6.61 Å². The van der Waals surface area contributed by atoms with Crippen LogP contribution in [-0.2, 0) is 4.74 Å². The van der Waals surface area contributed by atoms with Crippen molar-refractivity contribution in [3.63, 3.8) is 0 Å². The molecule has 0 heterocycles. The van der Waals surface area contributed by atoms with E-state index in [9.17, 15) is 13.2 Å². The monoisotopic (exact) mass is 353 g/mol. The standard InChI is InChI=1S/C14H19BrF3NO/c1-19-9-12(11-4-6-13(15)7-5-11)3-2-8-20-10-14(16,17)18/h4-7,12,19H,2-3,8-10H2,1H3. The number of hydrogen-bond donors (Lipinski definition) is 1. The first kappa shape index (κ1) is 17.5. The van der Waals surface area contributed by atoms with E-state index in [1.165, 1.54) is 5.56 Å². The Morgan fingerprint density at radius 1 is 1.25 bits per heavy atom. The lowest BCUT2D eigenvalue weighted by Gasteiger charge is -2.17. The molecule has 1 rings (SSSR count). The number of halogens is 4. The molecule has 1 atom stereocenters. The van der Waals surface area contributed by atoms with Crippen LogP contribution in [0, 0.1) is 0 Å². The van der Waals surface area contributed by atoms with Gasteiger partial charge >= 0.3 is 6.18 Å². The molecule has 0 radical (unpaired) electrons. The van der Waals surface area contributed by atoms with Crippen LogP contribution < -0.4 is 5.32 Å². The highest BCUT2D eigenvalue weighted by atomic mass is 79.9. The van der Waals surface area contributed by atoms with Crippen LogP contribution in [0.25, 0.3) is 0 Å². The second-order valence-electron chi connectivity index (χ2n) is 4.62. The average Bonchev–Trinajstić information content (AvgIpc) is 2.37. The van der Waals surface area contributed by atoms with Gasteiger partial charge in [-0.15, -0.1) is 0 Å². The zero-order valence-electron chi connectivity index (χ0n) is 11.3. The molecular weight excluding hydrogens is 335 g/mol. The third-order valence-electron chi connectivity index (χ3n) is 2.90. The van der Waals surface area contributed by atoms with E-state index in [-0.39, 0.29) is 12.5 Å². The third-order valence-corrected chi connectivity index (χ3v) is 3.43. The number of rotatable bonds is 8. The molecule has 114 valence electrons. The summed E-state index contributed by atoms with van der Waals surface area (Å²) in [5.41, 5.74) is 1.18. The Hall–Kier alpha value is -0.590. The maximum Gasteiger partial charge on any atom is 0.411 e. The summed E-state index contributed by atoms with van der Waals surface area (Å²) in [7, 11) is 1.87. The minimum absolute atomic E-state index is 0.135. The second-order valence-corrected chi connectivity index (χ2v) is 5.53. The zero-order chi connectivity index (χ0) is 15.0. The molecule has 1 N–H and O–H groups in total. The fraction of sp³-hybridized carbons (Fsp3) is 0.571. The Bertz CT molecular complexity index is 381. The molecule has 1 aromatic rings. The predicted molar refractivity (Wildman–Crippen MR) is 76.9 cm³/mol. The molecule has 2 nitrogen and oxygen atoms in total. The topological polar surface area (TPSA) is 21.3 Å². The minimum atomic E-state index is -4.24. The first-order valence-electron chi connectivity index (χ1n) is 6.47. The summed E-state index contributed by atoms with van der Waals surface area (Å²) in [5.74, 6) is 0.280. The van der Waals surface area contributed by atoms with Gasteiger partial charge in [-0.3, -0.25) is 0 Å². The van der Waals surface area contributed by atoms with Crippen LogP contribution in [0.4, 0.5) is 13.2 Å². The highest BCUT2D eigenvalue weighted by Crippen LogP contribution is 2.23. The molecule has 6 heteroatoms. The van der Waals surface area contributed by atoms with Gasteiger partial charge in [-0.25, -0.2) is 0 Å². The Balaban J connectivity index is 2.38. The minimum Gasteiger partial charge on any atom is -0.372 e. The number of likely N-dealkylation sites (N-methyl/N-ethyl adjacent to an activating group) is 1. The largest absolute Gasteiger partial charge is 0.411 e. The summed E-state index contributed by atoms with van der Waals surface area (Å²) in [6, 6.07) is 8.00. The highest BCUT2D eigenvalue weighted by Gasteiger charge is 2.27. The van der Waals surface area contributed by atoms with Gasteiger partial charge < -0.3 is 10.1 Å². The third kappa shape index (κ3) is 7.26. The summed E-state index contributed by atoms with van der Waals surface area (Å²) < 4.78 is 41.4. The van der Waals surface area contributed by atoms with Crippen LogP contribution in [0.15, 0.2) is 28.7 Å². The van der Waals surface area contributed by atoms with Crippen molar-refractivity contribution in [1.82, 2.24) is 5.32 Å². The second kappa shape index (κ2) is 8.64. The summed E-state index contributed by atoms with van der Waals surface area (Å²) >= 11 is 3.38. The lowest BCUT2D eigenvalue weighted by Crippen LogP contribution is -2.19. The van der Waals surface area contributed by atoms with E-state index in [2.05, 4.69) is 26.0 Å². The SMILES string of the molecule is CNCC(CCCOCC(F)(F)F)c1ccc(Br)cc1. The van der Waals surface area contributed by atoms with E-state index in [1.807, 2.05) is 31.3 Å². The van der Waals surface area contributed by atoms with Crippen LogP contribution >= 0.6 is 15.9 Å². The molecular formula is C14H19BrF3NO. The number of alkyl halides is 3. The molecule has 0 aliphatic heterocycles.